The van der Waals surface area contributed by atoms with E-state index in [2.05, 4.69) is 0 Å². The average Bonchev–Trinajstić information content (AvgIpc) is 2.26. The van der Waals surface area contributed by atoms with Crippen LogP contribution in [0.3, 0.4) is 0 Å². The first-order valence-corrected chi connectivity index (χ1v) is 6.85. The van der Waals surface area contributed by atoms with Crippen LogP contribution in [-0.2, 0) is 0 Å². The van der Waals surface area contributed by atoms with Gasteiger partial charge in [-0.25, -0.2) is 0 Å². The van der Waals surface area contributed by atoms with Crippen LogP contribution in [0.25, 0.3) is 0 Å². The van der Waals surface area contributed by atoms with Crippen LogP contribution in [0.1, 0.15) is 45.7 Å². The standard InChI is InChI=1S/C15H23NO3/c1-5-17-10-7-12(18-6-2)14-11(16)9-15(3,4)19-13(14)8-10/h7-8,11H,5-6,9,16H2,1-4H3. The Morgan fingerprint density at radius 1 is 1.26 bits per heavy atom. The van der Waals surface area contributed by atoms with Gasteiger partial charge in [-0.05, 0) is 27.7 Å². The van der Waals surface area contributed by atoms with Crippen molar-refractivity contribution in [1.29, 1.82) is 0 Å². The lowest BCUT2D eigenvalue weighted by atomic mass is 9.89. The van der Waals surface area contributed by atoms with Gasteiger partial charge in [0.25, 0.3) is 0 Å². The quantitative estimate of drug-likeness (QED) is 0.909. The van der Waals surface area contributed by atoms with Gasteiger partial charge in [-0.2, -0.15) is 0 Å². The van der Waals surface area contributed by atoms with Gasteiger partial charge in [0, 0.05) is 24.6 Å². The Hall–Kier alpha value is -1.42. The van der Waals surface area contributed by atoms with Crippen LogP contribution in [0.15, 0.2) is 12.1 Å². The number of benzene rings is 1. The highest BCUT2D eigenvalue weighted by Gasteiger charge is 2.34. The van der Waals surface area contributed by atoms with Gasteiger partial charge in [-0.3, -0.25) is 0 Å². The number of hydrogen-bond donors (Lipinski definition) is 1. The van der Waals surface area contributed by atoms with E-state index in [1.165, 1.54) is 0 Å². The second-order valence-electron chi connectivity index (χ2n) is 5.37. The zero-order valence-electron chi connectivity index (χ0n) is 12.2. The summed E-state index contributed by atoms with van der Waals surface area (Å²) in [6.45, 7) is 9.21. The molecule has 1 aromatic carbocycles. The molecule has 1 aliphatic rings. The molecule has 0 fully saturated rings. The Morgan fingerprint density at radius 3 is 2.58 bits per heavy atom. The lowest BCUT2D eigenvalue weighted by Crippen LogP contribution is -2.37. The topological polar surface area (TPSA) is 53.7 Å². The van der Waals surface area contributed by atoms with Gasteiger partial charge in [-0.1, -0.05) is 0 Å². The molecule has 1 aromatic rings. The van der Waals surface area contributed by atoms with E-state index in [4.69, 9.17) is 19.9 Å². The summed E-state index contributed by atoms with van der Waals surface area (Å²) in [7, 11) is 0. The molecular formula is C15H23NO3. The smallest absolute Gasteiger partial charge is 0.132 e. The molecule has 0 aromatic heterocycles. The monoisotopic (exact) mass is 265 g/mol. The Kier molecular flexibility index (Phi) is 3.90. The molecular weight excluding hydrogens is 242 g/mol. The second-order valence-corrected chi connectivity index (χ2v) is 5.37. The van der Waals surface area contributed by atoms with Gasteiger partial charge >= 0.3 is 0 Å². The van der Waals surface area contributed by atoms with Gasteiger partial charge < -0.3 is 19.9 Å². The highest BCUT2D eigenvalue weighted by atomic mass is 16.5. The summed E-state index contributed by atoms with van der Waals surface area (Å²) in [4.78, 5) is 0. The first-order valence-electron chi connectivity index (χ1n) is 6.85. The van der Waals surface area contributed by atoms with Crippen LogP contribution in [0, 0.1) is 0 Å². The largest absolute Gasteiger partial charge is 0.494 e. The zero-order chi connectivity index (χ0) is 14.0. The third-order valence-electron chi connectivity index (χ3n) is 3.16. The first-order chi connectivity index (χ1) is 8.96. The minimum Gasteiger partial charge on any atom is -0.494 e. The molecule has 0 amide bonds. The SMILES string of the molecule is CCOc1cc(OCC)c2c(c1)OC(C)(C)CC2N. The molecule has 1 atom stereocenters. The van der Waals surface area contributed by atoms with Crippen LogP contribution in [0.4, 0.5) is 0 Å². The zero-order valence-corrected chi connectivity index (χ0v) is 12.2. The first kappa shape index (κ1) is 14.0. The van der Waals surface area contributed by atoms with Gasteiger partial charge in [0.05, 0.1) is 18.8 Å². The van der Waals surface area contributed by atoms with Gasteiger partial charge in [0.15, 0.2) is 0 Å². The van der Waals surface area contributed by atoms with E-state index in [-0.39, 0.29) is 11.6 Å². The molecule has 19 heavy (non-hydrogen) atoms. The van der Waals surface area contributed by atoms with Gasteiger partial charge in [0.1, 0.15) is 22.8 Å². The van der Waals surface area contributed by atoms with Crippen LogP contribution in [0.2, 0.25) is 0 Å². The van der Waals surface area contributed by atoms with Crippen molar-refractivity contribution < 1.29 is 14.2 Å². The lowest BCUT2D eigenvalue weighted by molar-refractivity contribution is 0.0709. The van der Waals surface area contributed by atoms with E-state index < -0.39 is 0 Å². The predicted molar refractivity (Wildman–Crippen MR) is 75.0 cm³/mol. The van der Waals surface area contributed by atoms with Gasteiger partial charge in [0.2, 0.25) is 0 Å². The summed E-state index contributed by atoms with van der Waals surface area (Å²) < 4.78 is 17.3. The summed E-state index contributed by atoms with van der Waals surface area (Å²) in [5.74, 6) is 2.30. The Balaban J connectivity index is 2.47. The number of nitrogens with two attached hydrogens (primary N) is 1. The molecule has 1 heterocycles. The van der Waals surface area contributed by atoms with E-state index in [0.717, 1.165) is 29.2 Å². The maximum atomic E-state index is 6.28. The van der Waals surface area contributed by atoms with E-state index in [1.54, 1.807) is 0 Å². The fraction of sp³-hybridized carbons (Fsp3) is 0.600. The molecule has 0 spiro atoms. The fourth-order valence-corrected chi connectivity index (χ4v) is 2.52. The molecule has 1 aliphatic heterocycles. The van der Waals surface area contributed by atoms with Crippen molar-refractivity contribution in [1.82, 2.24) is 0 Å². The van der Waals surface area contributed by atoms with E-state index in [9.17, 15) is 0 Å². The van der Waals surface area contributed by atoms with Crippen molar-refractivity contribution in [3.05, 3.63) is 17.7 Å². The molecule has 4 heteroatoms. The number of ether oxygens (including phenoxy) is 3. The van der Waals surface area contributed by atoms with Crippen LogP contribution < -0.4 is 19.9 Å². The minimum absolute atomic E-state index is 0.0732. The van der Waals surface area contributed by atoms with Crippen molar-refractivity contribution in [2.45, 2.75) is 45.8 Å². The van der Waals surface area contributed by atoms with E-state index >= 15 is 0 Å². The third kappa shape index (κ3) is 2.95. The highest BCUT2D eigenvalue weighted by molar-refractivity contribution is 5.53. The molecule has 0 bridgehead atoms. The minimum atomic E-state index is -0.263. The maximum Gasteiger partial charge on any atom is 0.132 e. The van der Waals surface area contributed by atoms with Crippen LogP contribution in [-0.4, -0.2) is 18.8 Å². The summed E-state index contributed by atoms with van der Waals surface area (Å²) in [5, 5.41) is 0. The Bertz CT molecular complexity index is 457. The molecule has 4 nitrogen and oxygen atoms in total. The van der Waals surface area contributed by atoms with Crippen molar-refractivity contribution in [3.8, 4) is 17.2 Å². The highest BCUT2D eigenvalue weighted by Crippen LogP contribution is 2.45. The fourth-order valence-electron chi connectivity index (χ4n) is 2.52. The molecule has 106 valence electrons. The summed E-state index contributed by atoms with van der Waals surface area (Å²) in [6.07, 6.45) is 0.772. The van der Waals surface area contributed by atoms with Crippen LogP contribution >= 0.6 is 0 Å². The van der Waals surface area contributed by atoms with Crippen molar-refractivity contribution >= 4 is 0 Å². The second kappa shape index (κ2) is 5.29. The summed E-state index contributed by atoms with van der Waals surface area (Å²) in [5.41, 5.74) is 6.96. The van der Waals surface area contributed by atoms with Crippen LogP contribution in [0.5, 0.6) is 17.2 Å². The third-order valence-corrected chi connectivity index (χ3v) is 3.16. The van der Waals surface area contributed by atoms with Crippen molar-refractivity contribution in [2.75, 3.05) is 13.2 Å². The van der Waals surface area contributed by atoms with E-state index in [1.807, 2.05) is 39.8 Å². The molecule has 2 rings (SSSR count). The summed E-state index contributed by atoms with van der Waals surface area (Å²) in [6, 6.07) is 3.73. The predicted octanol–water partition coefficient (Wildman–Crippen LogP) is 3.04. The van der Waals surface area contributed by atoms with Crippen molar-refractivity contribution in [2.24, 2.45) is 5.73 Å². The maximum absolute atomic E-state index is 6.28. The molecule has 0 aliphatic carbocycles. The lowest BCUT2D eigenvalue weighted by Gasteiger charge is -2.37. The Labute approximate surface area is 114 Å². The van der Waals surface area contributed by atoms with Gasteiger partial charge in [-0.15, -0.1) is 0 Å². The number of hydrogen-bond acceptors (Lipinski definition) is 4. The number of rotatable bonds is 4. The van der Waals surface area contributed by atoms with Crippen molar-refractivity contribution in [3.63, 3.8) is 0 Å². The average molecular weight is 265 g/mol. The molecule has 0 radical (unpaired) electrons. The molecule has 0 saturated heterocycles. The molecule has 1 unspecified atom stereocenters. The Morgan fingerprint density at radius 2 is 1.95 bits per heavy atom. The number of fused-ring (bicyclic) bond motifs is 1. The molecule has 0 saturated carbocycles. The van der Waals surface area contributed by atoms with E-state index in [0.29, 0.717) is 13.2 Å². The summed E-state index contributed by atoms with van der Waals surface area (Å²) >= 11 is 0. The molecule has 2 N–H and O–H groups in total. The normalized spacial score (nSPS) is 20.4.